The topological polar surface area (TPSA) is 77.8 Å². The lowest BCUT2D eigenvalue weighted by molar-refractivity contribution is 0.221. The van der Waals surface area contributed by atoms with Crippen LogP contribution in [0.2, 0.25) is 0 Å². The first-order chi connectivity index (χ1) is 15.3. The molecule has 31 heavy (non-hydrogen) atoms. The predicted molar refractivity (Wildman–Crippen MR) is 122 cm³/mol. The van der Waals surface area contributed by atoms with Gasteiger partial charge in [-0.1, -0.05) is 30.7 Å². The number of nitriles is 1. The SMILES string of the molecule is CCOc1c(C#N)ncc2[nH]c3ncc(-c4ccc(CN5CCCCC5)cc4)cc3c12. The van der Waals surface area contributed by atoms with Crippen molar-refractivity contribution in [2.24, 2.45) is 0 Å². The van der Waals surface area contributed by atoms with Crippen LogP contribution in [0.3, 0.4) is 0 Å². The van der Waals surface area contributed by atoms with Crippen molar-refractivity contribution in [2.45, 2.75) is 32.7 Å². The first-order valence-corrected chi connectivity index (χ1v) is 10.9. The third-order valence-corrected chi connectivity index (χ3v) is 5.98. The van der Waals surface area contributed by atoms with Gasteiger partial charge in [-0.15, -0.1) is 0 Å². The maximum absolute atomic E-state index is 9.47. The Morgan fingerprint density at radius 2 is 1.87 bits per heavy atom. The molecule has 4 aromatic rings. The number of H-pyrrole nitrogens is 1. The smallest absolute Gasteiger partial charge is 0.183 e. The van der Waals surface area contributed by atoms with Crippen LogP contribution in [0.15, 0.2) is 42.7 Å². The zero-order chi connectivity index (χ0) is 21.2. The number of aromatic amines is 1. The quantitative estimate of drug-likeness (QED) is 0.498. The summed E-state index contributed by atoms with van der Waals surface area (Å²) in [6, 6.07) is 13.0. The van der Waals surface area contributed by atoms with Crippen molar-refractivity contribution in [3.05, 3.63) is 54.0 Å². The second kappa shape index (κ2) is 8.37. The zero-order valence-corrected chi connectivity index (χ0v) is 17.7. The molecule has 1 N–H and O–H groups in total. The number of likely N-dealkylation sites (tertiary alicyclic amines) is 1. The lowest BCUT2D eigenvalue weighted by atomic mass is 10.0. The van der Waals surface area contributed by atoms with Crippen molar-refractivity contribution in [1.82, 2.24) is 19.9 Å². The average Bonchev–Trinajstić information content (AvgIpc) is 3.19. The maximum Gasteiger partial charge on any atom is 0.183 e. The number of ether oxygens (including phenoxy) is 1. The number of nitrogens with one attached hydrogen (secondary N) is 1. The normalized spacial score (nSPS) is 14.7. The minimum atomic E-state index is 0.294. The molecule has 0 amide bonds. The Bertz CT molecular complexity index is 1260. The highest BCUT2D eigenvalue weighted by atomic mass is 16.5. The van der Waals surface area contributed by atoms with Gasteiger partial charge in [0.05, 0.1) is 23.7 Å². The van der Waals surface area contributed by atoms with Gasteiger partial charge in [-0.25, -0.2) is 9.97 Å². The summed E-state index contributed by atoms with van der Waals surface area (Å²) in [4.78, 5) is 14.7. The third kappa shape index (κ3) is 3.73. The standard InChI is InChI=1S/C25H25N5O/c1-2-31-24-21(13-26)27-15-22-23(24)20-12-19(14-28-25(20)29-22)18-8-6-17(7-9-18)16-30-10-4-3-5-11-30/h6-9,12,14-15H,2-5,10-11,16H2,1H3,(H,28,29). The fourth-order valence-electron chi connectivity index (χ4n) is 4.44. The number of fused-ring (bicyclic) bond motifs is 3. The summed E-state index contributed by atoms with van der Waals surface area (Å²) in [6.45, 7) is 5.79. The summed E-state index contributed by atoms with van der Waals surface area (Å²) in [6.07, 6.45) is 7.53. The molecule has 1 aliphatic rings. The highest BCUT2D eigenvalue weighted by molar-refractivity contribution is 6.10. The van der Waals surface area contributed by atoms with Gasteiger partial charge in [-0.3, -0.25) is 4.90 Å². The number of hydrogen-bond donors (Lipinski definition) is 1. The van der Waals surface area contributed by atoms with E-state index in [2.05, 4.69) is 56.3 Å². The molecule has 0 bridgehead atoms. The number of piperidine rings is 1. The van der Waals surface area contributed by atoms with E-state index in [-0.39, 0.29) is 0 Å². The number of nitrogens with zero attached hydrogens (tertiary/aromatic N) is 4. The fraction of sp³-hybridized carbons (Fsp3) is 0.320. The Kier molecular flexibility index (Phi) is 5.27. The van der Waals surface area contributed by atoms with E-state index in [0.29, 0.717) is 18.1 Å². The molecule has 1 aromatic carbocycles. The van der Waals surface area contributed by atoms with E-state index in [1.165, 1.54) is 37.9 Å². The number of rotatable bonds is 5. The van der Waals surface area contributed by atoms with Crippen LogP contribution >= 0.6 is 0 Å². The monoisotopic (exact) mass is 411 g/mol. The minimum absolute atomic E-state index is 0.294. The lowest BCUT2D eigenvalue weighted by Crippen LogP contribution is -2.28. The van der Waals surface area contributed by atoms with Gasteiger partial charge in [0.25, 0.3) is 0 Å². The summed E-state index contributed by atoms with van der Waals surface area (Å²) in [7, 11) is 0. The van der Waals surface area contributed by atoms with Gasteiger partial charge >= 0.3 is 0 Å². The molecule has 4 heterocycles. The Morgan fingerprint density at radius 1 is 1.06 bits per heavy atom. The molecular weight excluding hydrogens is 386 g/mol. The second-order valence-electron chi connectivity index (χ2n) is 8.05. The summed E-state index contributed by atoms with van der Waals surface area (Å²) >= 11 is 0. The van der Waals surface area contributed by atoms with Crippen molar-refractivity contribution in [3.8, 4) is 22.9 Å². The van der Waals surface area contributed by atoms with Crippen LogP contribution in [0.5, 0.6) is 5.75 Å². The van der Waals surface area contributed by atoms with Crippen LogP contribution in [0.1, 0.15) is 37.4 Å². The molecule has 5 rings (SSSR count). The first kappa shape index (κ1) is 19.5. The van der Waals surface area contributed by atoms with E-state index in [1.807, 2.05) is 13.1 Å². The van der Waals surface area contributed by atoms with Crippen molar-refractivity contribution >= 4 is 21.9 Å². The molecule has 1 saturated heterocycles. The Hall–Kier alpha value is -3.43. The molecule has 1 fully saturated rings. The molecule has 0 aliphatic carbocycles. The molecule has 0 unspecified atom stereocenters. The van der Waals surface area contributed by atoms with Gasteiger partial charge in [0, 0.05) is 23.7 Å². The van der Waals surface area contributed by atoms with Gasteiger partial charge in [0.15, 0.2) is 11.4 Å². The van der Waals surface area contributed by atoms with Crippen LogP contribution in [0.25, 0.3) is 33.1 Å². The number of aromatic nitrogens is 3. The molecule has 0 radical (unpaired) electrons. The fourth-order valence-corrected chi connectivity index (χ4v) is 4.44. The Labute approximate surface area is 181 Å². The molecule has 3 aromatic heterocycles. The van der Waals surface area contributed by atoms with E-state index in [1.54, 1.807) is 6.20 Å². The summed E-state index contributed by atoms with van der Waals surface area (Å²) < 4.78 is 5.80. The summed E-state index contributed by atoms with van der Waals surface area (Å²) in [5.41, 5.74) is 5.38. The van der Waals surface area contributed by atoms with Crippen LogP contribution in [0, 0.1) is 11.3 Å². The van der Waals surface area contributed by atoms with Gasteiger partial charge < -0.3 is 9.72 Å². The second-order valence-corrected chi connectivity index (χ2v) is 8.05. The zero-order valence-electron chi connectivity index (χ0n) is 17.7. The average molecular weight is 412 g/mol. The minimum Gasteiger partial charge on any atom is -0.490 e. The van der Waals surface area contributed by atoms with E-state index >= 15 is 0 Å². The summed E-state index contributed by atoms with van der Waals surface area (Å²) in [5.74, 6) is 0.518. The molecule has 0 saturated carbocycles. The van der Waals surface area contributed by atoms with Crippen molar-refractivity contribution < 1.29 is 4.74 Å². The van der Waals surface area contributed by atoms with Crippen molar-refractivity contribution in [1.29, 1.82) is 5.26 Å². The van der Waals surface area contributed by atoms with Crippen LogP contribution in [-0.2, 0) is 6.54 Å². The molecule has 6 heteroatoms. The maximum atomic E-state index is 9.47. The van der Waals surface area contributed by atoms with Crippen molar-refractivity contribution in [3.63, 3.8) is 0 Å². The molecule has 1 aliphatic heterocycles. The van der Waals surface area contributed by atoms with Crippen LogP contribution < -0.4 is 4.74 Å². The lowest BCUT2D eigenvalue weighted by Gasteiger charge is -2.26. The Balaban J connectivity index is 1.51. The van der Waals surface area contributed by atoms with E-state index in [0.717, 1.165) is 39.6 Å². The first-order valence-electron chi connectivity index (χ1n) is 10.9. The number of pyridine rings is 2. The van der Waals surface area contributed by atoms with Gasteiger partial charge in [-0.05, 0) is 50.0 Å². The van der Waals surface area contributed by atoms with E-state index in [9.17, 15) is 5.26 Å². The number of benzene rings is 1. The highest BCUT2D eigenvalue weighted by Crippen LogP contribution is 2.35. The van der Waals surface area contributed by atoms with Crippen LogP contribution in [-0.4, -0.2) is 39.5 Å². The molecule has 156 valence electrons. The van der Waals surface area contributed by atoms with Gasteiger partial charge in [0.1, 0.15) is 11.7 Å². The van der Waals surface area contributed by atoms with Gasteiger partial charge in [-0.2, -0.15) is 5.26 Å². The molecular formula is C25H25N5O. The summed E-state index contributed by atoms with van der Waals surface area (Å²) in [5, 5.41) is 11.3. The Morgan fingerprint density at radius 3 is 2.61 bits per heavy atom. The van der Waals surface area contributed by atoms with Crippen LogP contribution in [0.4, 0.5) is 0 Å². The predicted octanol–water partition coefficient (Wildman–Crippen LogP) is 5.03. The molecule has 6 nitrogen and oxygen atoms in total. The number of hydrogen-bond acceptors (Lipinski definition) is 5. The molecule has 0 spiro atoms. The largest absolute Gasteiger partial charge is 0.490 e. The van der Waals surface area contributed by atoms with E-state index in [4.69, 9.17) is 4.74 Å². The van der Waals surface area contributed by atoms with Crippen molar-refractivity contribution in [2.75, 3.05) is 19.7 Å². The molecule has 0 atom stereocenters. The van der Waals surface area contributed by atoms with E-state index < -0.39 is 0 Å². The van der Waals surface area contributed by atoms with Gasteiger partial charge in [0.2, 0.25) is 0 Å². The highest BCUT2D eigenvalue weighted by Gasteiger charge is 2.17. The third-order valence-electron chi connectivity index (χ3n) is 5.98.